The van der Waals surface area contributed by atoms with E-state index in [1.807, 2.05) is 10.8 Å². The van der Waals surface area contributed by atoms with Gasteiger partial charge in [0.05, 0.1) is 24.3 Å². The highest BCUT2D eigenvalue weighted by molar-refractivity contribution is 5.98. The lowest BCUT2D eigenvalue weighted by Crippen LogP contribution is -2.31. The maximum Gasteiger partial charge on any atom is 0.256 e. The number of hydrogen-bond acceptors (Lipinski definition) is 4. The van der Waals surface area contributed by atoms with Crippen LogP contribution in [0.1, 0.15) is 35.7 Å². The van der Waals surface area contributed by atoms with Crippen LogP contribution in [-0.4, -0.2) is 33.7 Å². The van der Waals surface area contributed by atoms with E-state index in [9.17, 15) is 18.4 Å². The second kappa shape index (κ2) is 7.65. The van der Waals surface area contributed by atoms with Gasteiger partial charge < -0.3 is 19.2 Å². The third-order valence-corrected chi connectivity index (χ3v) is 4.99. The molecule has 0 atom stereocenters. The smallest absolute Gasteiger partial charge is 0.256 e. The summed E-state index contributed by atoms with van der Waals surface area (Å²) in [6.07, 6.45) is 8.90. The van der Waals surface area contributed by atoms with E-state index < -0.39 is 23.0 Å². The summed E-state index contributed by atoms with van der Waals surface area (Å²) in [6, 6.07) is 0.856. The Kier molecular flexibility index (Phi) is 5.04. The van der Waals surface area contributed by atoms with Gasteiger partial charge in [0.25, 0.3) is 5.91 Å². The van der Waals surface area contributed by atoms with Crippen LogP contribution < -0.4 is 15.5 Å². The number of aryl methyl sites for hydroxylation is 1. The van der Waals surface area contributed by atoms with Crippen LogP contribution in [0.2, 0.25) is 0 Å². The number of pyridine rings is 1. The molecule has 4 rings (SSSR count). The molecule has 2 aromatic heterocycles. The molecule has 1 aromatic carbocycles. The van der Waals surface area contributed by atoms with Gasteiger partial charge in [-0.3, -0.25) is 9.59 Å². The zero-order valence-corrected chi connectivity index (χ0v) is 15.8. The van der Waals surface area contributed by atoms with Crippen molar-refractivity contribution in [1.29, 1.82) is 0 Å². The highest BCUT2D eigenvalue weighted by Crippen LogP contribution is 2.40. The molecule has 1 amide bonds. The molecule has 1 aliphatic carbocycles. The van der Waals surface area contributed by atoms with Gasteiger partial charge in [-0.05, 0) is 25.3 Å². The fraction of sp³-hybridized carbons (Fsp3) is 0.350. The summed E-state index contributed by atoms with van der Waals surface area (Å²) in [5.41, 5.74) is -0.572. The largest absolute Gasteiger partial charge is 0.491 e. The molecular formula is C20H20F2N4O3. The molecular weight excluding hydrogens is 382 g/mol. The van der Waals surface area contributed by atoms with Crippen LogP contribution in [0, 0.1) is 11.6 Å². The van der Waals surface area contributed by atoms with Crippen LogP contribution in [0.3, 0.4) is 0 Å². The number of rotatable bonds is 7. The molecule has 7 nitrogen and oxygen atoms in total. The summed E-state index contributed by atoms with van der Waals surface area (Å²) in [5, 5.41) is 2.65. The number of carbonyl (C=O) groups excluding carboxylic acids is 1. The number of nitrogens with one attached hydrogen (secondary N) is 1. The molecule has 29 heavy (non-hydrogen) atoms. The van der Waals surface area contributed by atoms with E-state index in [1.165, 1.54) is 13.3 Å². The van der Waals surface area contributed by atoms with E-state index in [0.29, 0.717) is 19.5 Å². The molecule has 0 saturated heterocycles. The molecule has 0 bridgehead atoms. The molecule has 3 aromatic rings. The second-order valence-electron chi connectivity index (χ2n) is 7.02. The minimum atomic E-state index is -1.19. The van der Waals surface area contributed by atoms with Gasteiger partial charge in [0.15, 0.2) is 11.6 Å². The fourth-order valence-corrected chi connectivity index (χ4v) is 3.40. The molecule has 1 N–H and O–H groups in total. The Morgan fingerprint density at radius 1 is 1.38 bits per heavy atom. The number of ether oxygens (including phenoxy) is 1. The van der Waals surface area contributed by atoms with E-state index in [0.717, 1.165) is 18.9 Å². The highest BCUT2D eigenvalue weighted by Gasteiger charge is 2.30. The van der Waals surface area contributed by atoms with Crippen molar-refractivity contribution < 1.29 is 18.3 Å². The molecule has 0 radical (unpaired) electrons. The van der Waals surface area contributed by atoms with Crippen molar-refractivity contribution >= 4 is 16.8 Å². The van der Waals surface area contributed by atoms with Crippen molar-refractivity contribution in [2.45, 2.75) is 31.8 Å². The van der Waals surface area contributed by atoms with Crippen LogP contribution in [0.4, 0.5) is 8.78 Å². The van der Waals surface area contributed by atoms with Crippen LogP contribution in [0.15, 0.2) is 35.8 Å². The van der Waals surface area contributed by atoms with Gasteiger partial charge >= 0.3 is 0 Å². The van der Waals surface area contributed by atoms with Gasteiger partial charge in [0.1, 0.15) is 5.56 Å². The zero-order valence-electron chi connectivity index (χ0n) is 15.8. The number of hydrogen-bond donors (Lipinski definition) is 1. The number of imidazole rings is 1. The molecule has 1 aliphatic rings. The zero-order chi connectivity index (χ0) is 20.5. The first kappa shape index (κ1) is 19.1. The van der Waals surface area contributed by atoms with Gasteiger partial charge in [0.2, 0.25) is 11.2 Å². The number of benzene rings is 1. The van der Waals surface area contributed by atoms with Crippen molar-refractivity contribution in [2.75, 3.05) is 13.7 Å². The van der Waals surface area contributed by atoms with Crippen molar-refractivity contribution in [2.24, 2.45) is 0 Å². The third-order valence-electron chi connectivity index (χ3n) is 4.99. The summed E-state index contributed by atoms with van der Waals surface area (Å²) in [7, 11) is 1.22. The van der Waals surface area contributed by atoms with Crippen LogP contribution in [0.5, 0.6) is 5.75 Å². The van der Waals surface area contributed by atoms with Crippen molar-refractivity contribution in [3.8, 4) is 5.75 Å². The van der Waals surface area contributed by atoms with E-state index in [2.05, 4.69) is 10.3 Å². The lowest BCUT2D eigenvalue weighted by atomic mass is 10.1. The molecule has 152 valence electrons. The number of halogens is 2. The van der Waals surface area contributed by atoms with E-state index in [-0.39, 0.29) is 28.3 Å². The average Bonchev–Trinajstić information content (AvgIpc) is 3.42. The number of carbonyl (C=O) groups is 1. The summed E-state index contributed by atoms with van der Waals surface area (Å²) in [5.74, 6) is -3.20. The van der Waals surface area contributed by atoms with Crippen LogP contribution in [-0.2, 0) is 6.54 Å². The normalized spacial score (nSPS) is 13.6. The minimum Gasteiger partial charge on any atom is -0.491 e. The summed E-state index contributed by atoms with van der Waals surface area (Å²) in [6.45, 7) is 1.03. The highest BCUT2D eigenvalue weighted by atomic mass is 19.2. The minimum absolute atomic E-state index is 0.0182. The number of amides is 1. The van der Waals surface area contributed by atoms with E-state index >= 15 is 0 Å². The maximum absolute atomic E-state index is 14.2. The fourth-order valence-electron chi connectivity index (χ4n) is 3.40. The topological polar surface area (TPSA) is 78.2 Å². The summed E-state index contributed by atoms with van der Waals surface area (Å²) in [4.78, 5) is 29.5. The summed E-state index contributed by atoms with van der Waals surface area (Å²) >= 11 is 0. The molecule has 0 spiro atoms. The molecule has 1 saturated carbocycles. The van der Waals surface area contributed by atoms with Crippen LogP contribution in [0.25, 0.3) is 10.9 Å². The quantitative estimate of drug-likeness (QED) is 0.617. The van der Waals surface area contributed by atoms with Gasteiger partial charge in [-0.2, -0.15) is 4.39 Å². The first-order valence-electron chi connectivity index (χ1n) is 9.36. The maximum atomic E-state index is 14.2. The number of fused-ring (bicyclic) bond motifs is 1. The number of nitrogens with zero attached hydrogens (tertiary/aromatic N) is 3. The molecule has 0 aliphatic heterocycles. The molecule has 2 heterocycles. The van der Waals surface area contributed by atoms with Crippen molar-refractivity contribution in [1.82, 2.24) is 19.4 Å². The monoisotopic (exact) mass is 402 g/mol. The summed E-state index contributed by atoms with van der Waals surface area (Å²) < 4.78 is 36.8. The Morgan fingerprint density at radius 2 is 2.17 bits per heavy atom. The Hall–Kier alpha value is -3.23. The van der Waals surface area contributed by atoms with Gasteiger partial charge in [-0.1, -0.05) is 0 Å². The lowest BCUT2D eigenvalue weighted by Gasteiger charge is -2.16. The standard InChI is InChI=1S/C20H20F2N4O3/c1-29-19-16(22)15(21)9-13-17(19)26(12-3-4-12)10-14(18(13)27)20(28)24-5-2-7-25-8-6-23-11-25/h6,8-12H,2-5,7H2,1H3,(H,24,28). The van der Waals surface area contributed by atoms with Crippen molar-refractivity contribution in [3.63, 3.8) is 0 Å². The predicted octanol–water partition coefficient (Wildman–Crippen LogP) is 2.64. The first-order chi connectivity index (χ1) is 14.0. The predicted molar refractivity (Wildman–Crippen MR) is 102 cm³/mol. The SMILES string of the molecule is COc1c(F)c(F)cc2c(=O)c(C(=O)NCCCn3ccnc3)cn(C3CC3)c12. The van der Waals surface area contributed by atoms with Gasteiger partial charge in [-0.25, -0.2) is 9.37 Å². The Balaban J connectivity index is 1.66. The van der Waals surface area contributed by atoms with E-state index in [1.54, 1.807) is 17.1 Å². The average molecular weight is 402 g/mol. The molecule has 0 unspecified atom stereocenters. The lowest BCUT2D eigenvalue weighted by molar-refractivity contribution is 0.0951. The third kappa shape index (κ3) is 3.59. The van der Waals surface area contributed by atoms with Gasteiger partial charge in [0, 0.05) is 37.7 Å². The Morgan fingerprint density at radius 3 is 2.83 bits per heavy atom. The number of methoxy groups -OCH3 is 1. The van der Waals surface area contributed by atoms with Crippen molar-refractivity contribution in [3.05, 3.63) is 58.4 Å². The number of aromatic nitrogens is 3. The Bertz CT molecular complexity index is 1120. The first-order valence-corrected chi connectivity index (χ1v) is 9.36. The van der Waals surface area contributed by atoms with Gasteiger partial charge in [-0.15, -0.1) is 0 Å². The molecule has 1 fully saturated rings. The van der Waals surface area contributed by atoms with E-state index in [4.69, 9.17) is 4.74 Å². The molecule has 9 heteroatoms. The van der Waals surface area contributed by atoms with Crippen LogP contribution >= 0.6 is 0 Å². The Labute approximate surface area is 164 Å². The second-order valence-corrected chi connectivity index (χ2v) is 7.02.